The summed E-state index contributed by atoms with van der Waals surface area (Å²) in [6.45, 7) is 5.49. The van der Waals surface area contributed by atoms with E-state index in [4.69, 9.17) is 10.1 Å². The van der Waals surface area contributed by atoms with Crippen molar-refractivity contribution in [3.8, 4) is 22.5 Å². The molecular weight excluding hydrogens is 356 g/mol. The number of hydrogen-bond acceptors (Lipinski definition) is 3. The number of nitrogens with zero attached hydrogens (tertiary/aromatic N) is 4. The highest BCUT2D eigenvalue weighted by Crippen LogP contribution is 2.31. The minimum atomic E-state index is 0.505. The van der Waals surface area contributed by atoms with Crippen LogP contribution in [0.5, 0.6) is 0 Å². The first kappa shape index (κ1) is 17.9. The molecule has 1 saturated heterocycles. The topological polar surface area (TPSA) is 33.4 Å². The van der Waals surface area contributed by atoms with Gasteiger partial charge in [0.1, 0.15) is 5.82 Å². The predicted octanol–water partition coefficient (Wildman–Crippen LogP) is 5.75. The molecule has 4 heteroatoms. The molecule has 1 fully saturated rings. The third-order valence-corrected chi connectivity index (χ3v) is 5.92. The molecule has 0 radical (unpaired) electrons. The van der Waals surface area contributed by atoms with E-state index < -0.39 is 0 Å². The number of aryl methyl sites for hydroxylation is 1. The summed E-state index contributed by atoms with van der Waals surface area (Å²) in [5, 5.41) is 4.97. The Bertz CT molecular complexity index is 1130. The second-order valence-electron chi connectivity index (χ2n) is 8.07. The molecule has 0 unspecified atom stereocenters. The Hall–Kier alpha value is -3.14. The lowest BCUT2D eigenvalue weighted by Gasteiger charge is -2.35. The molecule has 4 aromatic rings. The van der Waals surface area contributed by atoms with Gasteiger partial charge in [-0.25, -0.2) is 4.98 Å². The minimum Gasteiger partial charge on any atom is -0.354 e. The van der Waals surface area contributed by atoms with E-state index in [0.717, 1.165) is 40.5 Å². The number of rotatable bonds is 3. The van der Waals surface area contributed by atoms with Crippen LogP contribution in [0, 0.1) is 6.92 Å². The number of aromatic nitrogens is 3. The van der Waals surface area contributed by atoms with Gasteiger partial charge in [-0.2, -0.15) is 9.61 Å². The van der Waals surface area contributed by atoms with Crippen LogP contribution in [0.3, 0.4) is 0 Å². The largest absolute Gasteiger partial charge is 0.354 e. The number of anilines is 1. The Morgan fingerprint density at radius 2 is 1.62 bits per heavy atom. The zero-order valence-corrected chi connectivity index (χ0v) is 17.0. The Morgan fingerprint density at radius 3 is 2.38 bits per heavy atom. The van der Waals surface area contributed by atoms with E-state index in [-0.39, 0.29) is 0 Å². The highest BCUT2D eigenvalue weighted by molar-refractivity contribution is 5.71. The van der Waals surface area contributed by atoms with E-state index in [1.165, 1.54) is 24.8 Å². The van der Waals surface area contributed by atoms with E-state index in [1.54, 1.807) is 0 Å². The third kappa shape index (κ3) is 3.39. The zero-order valence-electron chi connectivity index (χ0n) is 17.0. The molecule has 0 spiro atoms. The Kier molecular flexibility index (Phi) is 4.55. The highest BCUT2D eigenvalue weighted by atomic mass is 15.4. The van der Waals surface area contributed by atoms with Crippen LogP contribution in [0.25, 0.3) is 28.2 Å². The summed E-state index contributed by atoms with van der Waals surface area (Å²) in [4.78, 5) is 7.46. The molecule has 4 nitrogen and oxygen atoms in total. The SMILES string of the molecule is Cc1ccc(-c2cc3nc(-c4ccccc4)cc(N4CCCC[C@H]4C)n3n2)cc1. The normalized spacial score (nSPS) is 17.0. The van der Waals surface area contributed by atoms with Gasteiger partial charge >= 0.3 is 0 Å². The number of fused-ring (bicyclic) bond motifs is 1. The first-order valence-corrected chi connectivity index (χ1v) is 10.5. The van der Waals surface area contributed by atoms with Gasteiger partial charge in [-0.1, -0.05) is 60.2 Å². The summed E-state index contributed by atoms with van der Waals surface area (Å²) in [7, 11) is 0. The number of hydrogen-bond donors (Lipinski definition) is 0. The summed E-state index contributed by atoms with van der Waals surface area (Å²) in [5.74, 6) is 1.14. The van der Waals surface area contributed by atoms with Crippen LogP contribution in [0.4, 0.5) is 5.82 Å². The fraction of sp³-hybridized carbons (Fsp3) is 0.280. The van der Waals surface area contributed by atoms with Crippen LogP contribution in [-0.2, 0) is 0 Å². The number of piperidine rings is 1. The third-order valence-electron chi connectivity index (χ3n) is 5.92. The molecule has 0 aliphatic carbocycles. The van der Waals surface area contributed by atoms with Crippen molar-refractivity contribution in [1.82, 2.24) is 14.6 Å². The van der Waals surface area contributed by atoms with E-state index in [0.29, 0.717) is 6.04 Å². The first-order valence-electron chi connectivity index (χ1n) is 10.5. The van der Waals surface area contributed by atoms with Crippen LogP contribution in [0.15, 0.2) is 66.7 Å². The van der Waals surface area contributed by atoms with Crippen molar-refractivity contribution < 1.29 is 0 Å². The molecule has 29 heavy (non-hydrogen) atoms. The number of benzene rings is 2. The van der Waals surface area contributed by atoms with Gasteiger partial charge in [0.2, 0.25) is 0 Å². The van der Waals surface area contributed by atoms with Crippen molar-refractivity contribution in [1.29, 1.82) is 0 Å². The van der Waals surface area contributed by atoms with Gasteiger partial charge in [0.15, 0.2) is 5.65 Å². The first-order chi connectivity index (χ1) is 14.2. The van der Waals surface area contributed by atoms with E-state index >= 15 is 0 Å². The highest BCUT2D eigenvalue weighted by Gasteiger charge is 2.23. The standard InChI is InChI=1S/C25H26N4/c1-18-11-13-21(14-12-18)23-16-24-26-22(20-9-4-3-5-10-20)17-25(29(24)27-23)28-15-7-6-8-19(28)2/h3-5,9-14,16-17,19H,6-8,15H2,1-2H3/t19-/m1/s1. The van der Waals surface area contributed by atoms with Gasteiger partial charge in [0.05, 0.1) is 11.4 Å². The van der Waals surface area contributed by atoms with E-state index in [2.05, 4.69) is 79.4 Å². The average molecular weight is 383 g/mol. The quantitative estimate of drug-likeness (QED) is 0.452. The van der Waals surface area contributed by atoms with Crippen molar-refractivity contribution in [2.75, 3.05) is 11.4 Å². The second kappa shape index (κ2) is 7.36. The molecule has 0 N–H and O–H groups in total. The molecule has 1 aliphatic heterocycles. The maximum absolute atomic E-state index is 4.97. The molecule has 2 aromatic carbocycles. The summed E-state index contributed by atoms with van der Waals surface area (Å²) in [5.41, 5.74) is 6.38. The molecular formula is C25H26N4. The molecule has 0 amide bonds. The fourth-order valence-corrected chi connectivity index (χ4v) is 4.22. The monoisotopic (exact) mass is 382 g/mol. The van der Waals surface area contributed by atoms with Gasteiger partial charge in [-0.3, -0.25) is 0 Å². The maximum atomic E-state index is 4.97. The van der Waals surface area contributed by atoms with E-state index in [9.17, 15) is 0 Å². The van der Waals surface area contributed by atoms with Crippen LogP contribution >= 0.6 is 0 Å². The maximum Gasteiger partial charge on any atom is 0.158 e. The lowest BCUT2D eigenvalue weighted by atomic mass is 10.0. The predicted molar refractivity (Wildman–Crippen MR) is 119 cm³/mol. The lowest BCUT2D eigenvalue weighted by Crippen LogP contribution is -2.38. The molecule has 5 rings (SSSR count). The molecule has 146 valence electrons. The smallest absolute Gasteiger partial charge is 0.158 e. The molecule has 2 aromatic heterocycles. The van der Waals surface area contributed by atoms with Crippen molar-refractivity contribution in [3.63, 3.8) is 0 Å². The van der Waals surface area contributed by atoms with Crippen LogP contribution in [0.2, 0.25) is 0 Å². The van der Waals surface area contributed by atoms with E-state index in [1.807, 2.05) is 10.6 Å². The summed E-state index contributed by atoms with van der Waals surface area (Å²) in [6, 6.07) is 23.8. The van der Waals surface area contributed by atoms with Crippen LogP contribution in [0.1, 0.15) is 31.7 Å². The fourth-order valence-electron chi connectivity index (χ4n) is 4.22. The Morgan fingerprint density at radius 1 is 0.862 bits per heavy atom. The van der Waals surface area contributed by atoms with Crippen molar-refractivity contribution in [2.45, 2.75) is 39.2 Å². The summed E-state index contributed by atoms with van der Waals surface area (Å²) in [6.07, 6.45) is 3.74. The van der Waals surface area contributed by atoms with Crippen LogP contribution < -0.4 is 4.90 Å². The van der Waals surface area contributed by atoms with Gasteiger partial charge in [0.25, 0.3) is 0 Å². The van der Waals surface area contributed by atoms with Crippen molar-refractivity contribution >= 4 is 11.5 Å². The average Bonchev–Trinajstić information content (AvgIpc) is 3.19. The Labute approximate surface area is 171 Å². The molecule has 1 atom stereocenters. The molecule has 1 aliphatic rings. The van der Waals surface area contributed by atoms with Gasteiger partial charge in [-0.05, 0) is 33.1 Å². The summed E-state index contributed by atoms with van der Waals surface area (Å²) >= 11 is 0. The second-order valence-corrected chi connectivity index (χ2v) is 8.07. The van der Waals surface area contributed by atoms with Crippen molar-refractivity contribution in [2.24, 2.45) is 0 Å². The van der Waals surface area contributed by atoms with Gasteiger partial charge < -0.3 is 4.90 Å². The molecule has 3 heterocycles. The van der Waals surface area contributed by atoms with Crippen molar-refractivity contribution in [3.05, 3.63) is 72.3 Å². The summed E-state index contributed by atoms with van der Waals surface area (Å²) < 4.78 is 2.03. The van der Waals surface area contributed by atoms with Gasteiger partial charge in [0, 0.05) is 35.8 Å². The van der Waals surface area contributed by atoms with Crippen LogP contribution in [-0.4, -0.2) is 27.2 Å². The molecule has 0 bridgehead atoms. The van der Waals surface area contributed by atoms with Gasteiger partial charge in [-0.15, -0.1) is 0 Å². The lowest BCUT2D eigenvalue weighted by molar-refractivity contribution is 0.478. The molecule has 0 saturated carbocycles. The zero-order chi connectivity index (χ0) is 19.8. The minimum absolute atomic E-state index is 0.505. The Balaban J connectivity index is 1.69.